The zero-order chi connectivity index (χ0) is 11.1. The van der Waals surface area contributed by atoms with Gasteiger partial charge in [-0.15, -0.1) is 0 Å². The molecule has 0 amide bonds. The summed E-state index contributed by atoms with van der Waals surface area (Å²) in [6.45, 7) is 0. The Morgan fingerprint density at radius 2 is 2.31 bits per heavy atom. The molecule has 3 rings (SSSR count). The lowest BCUT2D eigenvalue weighted by molar-refractivity contribution is 0.475. The summed E-state index contributed by atoms with van der Waals surface area (Å²) in [4.78, 5) is 4.45. The van der Waals surface area contributed by atoms with E-state index in [1.807, 2.05) is 18.2 Å². The van der Waals surface area contributed by atoms with Crippen molar-refractivity contribution in [3.63, 3.8) is 0 Å². The number of rotatable bonds is 3. The number of hydrogen-bond donors (Lipinski definition) is 1. The van der Waals surface area contributed by atoms with Gasteiger partial charge in [-0.1, -0.05) is 15.9 Å². The van der Waals surface area contributed by atoms with Crippen molar-refractivity contribution in [2.24, 2.45) is 11.7 Å². The highest BCUT2D eigenvalue weighted by Gasteiger charge is 2.29. The topological polar surface area (TPSA) is 52.0 Å². The molecule has 0 bridgehead atoms. The predicted octanol–water partition coefficient (Wildman–Crippen LogP) is 2.87. The number of hydrogen-bond acceptors (Lipinski definition) is 3. The highest BCUT2D eigenvalue weighted by molar-refractivity contribution is 9.10. The number of oxazole rings is 1. The first-order valence-corrected chi connectivity index (χ1v) is 6.32. The van der Waals surface area contributed by atoms with Gasteiger partial charge in [0.25, 0.3) is 0 Å². The Morgan fingerprint density at radius 3 is 3.06 bits per heavy atom. The lowest BCUT2D eigenvalue weighted by Gasteiger charge is -2.05. The van der Waals surface area contributed by atoms with Crippen LogP contribution in [-0.4, -0.2) is 11.0 Å². The number of nitrogens with zero attached hydrogens (tertiary/aromatic N) is 1. The molecular formula is C12H13BrN2O. The Kier molecular flexibility index (Phi) is 2.48. The fraction of sp³-hybridized carbons (Fsp3) is 0.417. The van der Waals surface area contributed by atoms with Gasteiger partial charge in [0.15, 0.2) is 11.5 Å². The van der Waals surface area contributed by atoms with Crippen molar-refractivity contribution in [3.8, 4) is 0 Å². The van der Waals surface area contributed by atoms with Gasteiger partial charge < -0.3 is 10.2 Å². The first-order valence-electron chi connectivity index (χ1n) is 5.53. The lowest BCUT2D eigenvalue weighted by atomic mass is 10.1. The summed E-state index contributed by atoms with van der Waals surface area (Å²) >= 11 is 3.42. The van der Waals surface area contributed by atoms with Crippen LogP contribution in [0.3, 0.4) is 0 Å². The fourth-order valence-electron chi connectivity index (χ4n) is 1.93. The highest BCUT2D eigenvalue weighted by atomic mass is 79.9. The quantitative estimate of drug-likeness (QED) is 0.941. The molecule has 1 unspecified atom stereocenters. The molecule has 0 aliphatic heterocycles. The smallest absolute Gasteiger partial charge is 0.197 e. The molecule has 1 aromatic heterocycles. The van der Waals surface area contributed by atoms with Crippen LogP contribution >= 0.6 is 15.9 Å². The average Bonchev–Trinajstić information content (AvgIpc) is 3.00. The number of benzene rings is 1. The van der Waals surface area contributed by atoms with Crippen LogP contribution in [0.4, 0.5) is 0 Å². The second kappa shape index (κ2) is 3.86. The van der Waals surface area contributed by atoms with Gasteiger partial charge in [-0.3, -0.25) is 0 Å². The van der Waals surface area contributed by atoms with Crippen LogP contribution in [0.2, 0.25) is 0 Å². The van der Waals surface area contributed by atoms with E-state index in [0.717, 1.165) is 27.9 Å². The Hall–Kier alpha value is -0.870. The van der Waals surface area contributed by atoms with Crippen LogP contribution in [0.15, 0.2) is 27.1 Å². The van der Waals surface area contributed by atoms with Crippen molar-refractivity contribution in [2.75, 3.05) is 0 Å². The van der Waals surface area contributed by atoms with Gasteiger partial charge in [0.2, 0.25) is 0 Å². The summed E-state index contributed by atoms with van der Waals surface area (Å²) in [6, 6.07) is 6.05. The SMILES string of the molecule is NC(Cc1nc2cc(Br)ccc2o1)C1CC1. The molecular weight excluding hydrogens is 268 g/mol. The standard InChI is InChI=1S/C12H13BrN2O/c13-8-3-4-11-10(5-8)15-12(16-11)6-9(14)7-1-2-7/h3-5,7,9H,1-2,6,14H2. The number of nitrogens with two attached hydrogens (primary N) is 1. The molecule has 1 aliphatic carbocycles. The summed E-state index contributed by atoms with van der Waals surface area (Å²) in [5, 5.41) is 0. The number of halogens is 1. The fourth-order valence-corrected chi connectivity index (χ4v) is 2.28. The van der Waals surface area contributed by atoms with E-state index in [2.05, 4.69) is 20.9 Å². The molecule has 2 aromatic rings. The van der Waals surface area contributed by atoms with E-state index in [-0.39, 0.29) is 6.04 Å². The average molecular weight is 281 g/mol. The molecule has 0 radical (unpaired) electrons. The molecule has 1 fully saturated rings. The van der Waals surface area contributed by atoms with E-state index in [1.54, 1.807) is 0 Å². The zero-order valence-corrected chi connectivity index (χ0v) is 10.4. The summed E-state index contributed by atoms with van der Waals surface area (Å²) in [6.07, 6.45) is 3.26. The molecule has 0 spiro atoms. The molecule has 1 saturated carbocycles. The maximum absolute atomic E-state index is 6.05. The second-order valence-electron chi connectivity index (χ2n) is 4.43. The maximum atomic E-state index is 6.05. The van der Waals surface area contributed by atoms with Crippen molar-refractivity contribution in [3.05, 3.63) is 28.6 Å². The summed E-state index contributed by atoms with van der Waals surface area (Å²) in [5.41, 5.74) is 7.78. The Bertz CT molecular complexity index is 519. The van der Waals surface area contributed by atoms with E-state index in [1.165, 1.54) is 12.8 Å². The molecule has 2 N–H and O–H groups in total. The first kappa shape index (κ1) is 10.3. The molecule has 4 heteroatoms. The molecule has 1 aromatic carbocycles. The third kappa shape index (κ3) is 1.99. The van der Waals surface area contributed by atoms with Crippen LogP contribution in [0, 0.1) is 5.92 Å². The van der Waals surface area contributed by atoms with Crippen molar-refractivity contribution < 1.29 is 4.42 Å². The second-order valence-corrected chi connectivity index (χ2v) is 5.34. The minimum absolute atomic E-state index is 0.205. The number of fused-ring (bicyclic) bond motifs is 1. The van der Waals surface area contributed by atoms with Gasteiger partial charge in [0.05, 0.1) is 0 Å². The molecule has 1 atom stereocenters. The molecule has 3 nitrogen and oxygen atoms in total. The van der Waals surface area contributed by atoms with E-state index in [4.69, 9.17) is 10.2 Å². The molecule has 1 aliphatic rings. The first-order chi connectivity index (χ1) is 7.72. The zero-order valence-electron chi connectivity index (χ0n) is 8.82. The largest absolute Gasteiger partial charge is 0.441 e. The predicted molar refractivity (Wildman–Crippen MR) is 66.1 cm³/mol. The molecule has 84 valence electrons. The van der Waals surface area contributed by atoms with Crippen LogP contribution < -0.4 is 5.73 Å². The minimum atomic E-state index is 0.205. The summed E-state index contributed by atoms with van der Waals surface area (Å²) < 4.78 is 6.68. The monoisotopic (exact) mass is 280 g/mol. The third-order valence-corrected chi connectivity index (χ3v) is 3.52. The van der Waals surface area contributed by atoms with Crippen LogP contribution in [0.1, 0.15) is 18.7 Å². The molecule has 0 saturated heterocycles. The van der Waals surface area contributed by atoms with Gasteiger partial charge in [-0.2, -0.15) is 0 Å². The van der Waals surface area contributed by atoms with Crippen molar-refractivity contribution >= 4 is 27.0 Å². The van der Waals surface area contributed by atoms with Crippen molar-refractivity contribution in [2.45, 2.75) is 25.3 Å². The van der Waals surface area contributed by atoms with Gasteiger partial charge >= 0.3 is 0 Å². The third-order valence-electron chi connectivity index (χ3n) is 3.03. The Balaban J connectivity index is 1.86. The van der Waals surface area contributed by atoms with Crippen molar-refractivity contribution in [1.82, 2.24) is 4.98 Å². The Morgan fingerprint density at radius 1 is 1.50 bits per heavy atom. The highest BCUT2D eigenvalue weighted by Crippen LogP contribution is 2.33. The van der Waals surface area contributed by atoms with Gasteiger partial charge in [-0.05, 0) is 37.0 Å². The normalized spacial score (nSPS) is 17.9. The Labute approximate surface area is 102 Å². The van der Waals surface area contributed by atoms with Gasteiger partial charge in [0.1, 0.15) is 5.52 Å². The molecule has 16 heavy (non-hydrogen) atoms. The lowest BCUT2D eigenvalue weighted by Crippen LogP contribution is -2.25. The maximum Gasteiger partial charge on any atom is 0.197 e. The van der Waals surface area contributed by atoms with Crippen LogP contribution in [0.5, 0.6) is 0 Å². The minimum Gasteiger partial charge on any atom is -0.441 e. The number of aromatic nitrogens is 1. The van der Waals surface area contributed by atoms with Crippen LogP contribution in [0.25, 0.3) is 11.1 Å². The molecule has 1 heterocycles. The summed E-state index contributed by atoms with van der Waals surface area (Å²) in [7, 11) is 0. The van der Waals surface area contributed by atoms with E-state index in [9.17, 15) is 0 Å². The van der Waals surface area contributed by atoms with E-state index >= 15 is 0 Å². The van der Waals surface area contributed by atoms with E-state index < -0.39 is 0 Å². The summed E-state index contributed by atoms with van der Waals surface area (Å²) in [5.74, 6) is 1.44. The van der Waals surface area contributed by atoms with E-state index in [0.29, 0.717) is 5.92 Å². The van der Waals surface area contributed by atoms with Gasteiger partial charge in [-0.25, -0.2) is 4.98 Å². The van der Waals surface area contributed by atoms with Crippen molar-refractivity contribution in [1.29, 1.82) is 0 Å². The van der Waals surface area contributed by atoms with Crippen LogP contribution in [-0.2, 0) is 6.42 Å². The van der Waals surface area contributed by atoms with Gasteiger partial charge in [0, 0.05) is 16.9 Å².